The first kappa shape index (κ1) is 20.6. The van der Waals surface area contributed by atoms with Crippen LogP contribution >= 0.6 is 11.8 Å². The minimum Gasteiger partial charge on any atom is -0.461 e. The topological polar surface area (TPSA) is 66.9 Å². The normalized spacial score (nSPS) is 24.3. The number of likely N-dealkylation sites (tertiary alicyclic amines) is 1. The summed E-state index contributed by atoms with van der Waals surface area (Å²) in [6.45, 7) is 3.36. The first-order valence-corrected chi connectivity index (χ1v) is 12.3. The fourth-order valence-electron chi connectivity index (χ4n) is 3.76. The molecule has 2 aliphatic heterocycles. The number of esters is 1. The quantitative estimate of drug-likeness (QED) is 0.608. The fourth-order valence-corrected chi connectivity index (χ4v) is 6.20. The van der Waals surface area contributed by atoms with Gasteiger partial charge >= 0.3 is 5.97 Å². The Hall–Kier alpha value is -1.09. The van der Waals surface area contributed by atoms with E-state index in [-0.39, 0.29) is 24.8 Å². The second-order valence-corrected chi connectivity index (χ2v) is 10.3. The summed E-state index contributed by atoms with van der Waals surface area (Å²) >= 11 is 1.74. The van der Waals surface area contributed by atoms with Gasteiger partial charge in [-0.15, -0.1) is 0 Å². The Balaban J connectivity index is 1.49. The summed E-state index contributed by atoms with van der Waals surface area (Å²) in [5.41, 5.74) is 0.893. The fraction of sp³-hybridized carbons (Fsp3) is 0.632. The summed E-state index contributed by atoms with van der Waals surface area (Å²) in [5, 5.41) is 0.294. The van der Waals surface area contributed by atoms with Crippen molar-refractivity contribution in [3.63, 3.8) is 0 Å². The van der Waals surface area contributed by atoms with Crippen LogP contribution in [0.3, 0.4) is 0 Å². The third-order valence-electron chi connectivity index (χ3n) is 5.32. The zero-order chi connectivity index (χ0) is 19.3. The van der Waals surface area contributed by atoms with Gasteiger partial charge in [0.15, 0.2) is 0 Å². The lowest BCUT2D eigenvalue weighted by atomic mass is 10.2. The Morgan fingerprint density at radius 1 is 1.19 bits per heavy atom. The van der Waals surface area contributed by atoms with Crippen molar-refractivity contribution in [3.05, 3.63) is 35.9 Å². The second kappa shape index (κ2) is 9.41. The van der Waals surface area contributed by atoms with Crippen LogP contribution in [0.4, 0.5) is 0 Å². The van der Waals surface area contributed by atoms with E-state index in [1.807, 2.05) is 36.6 Å². The molecule has 0 saturated carbocycles. The van der Waals surface area contributed by atoms with Crippen LogP contribution in [0, 0.1) is 0 Å². The summed E-state index contributed by atoms with van der Waals surface area (Å²) in [5.74, 6) is -0.659. The van der Waals surface area contributed by atoms with E-state index in [0.29, 0.717) is 18.3 Å². The van der Waals surface area contributed by atoms with Gasteiger partial charge < -0.3 is 4.74 Å². The highest BCUT2D eigenvalue weighted by atomic mass is 32.2. The summed E-state index contributed by atoms with van der Waals surface area (Å²) in [4.78, 5) is 14.4. The van der Waals surface area contributed by atoms with Gasteiger partial charge in [-0.25, -0.2) is 8.42 Å². The number of carbonyl (C=O) groups is 1. The Kier molecular flexibility index (Phi) is 7.19. The smallest absolute Gasteiger partial charge is 0.307 e. The molecular formula is C19H28N2O4S2. The van der Waals surface area contributed by atoms with Gasteiger partial charge in [-0.2, -0.15) is 16.1 Å². The molecule has 2 heterocycles. The highest BCUT2D eigenvalue weighted by molar-refractivity contribution is 7.99. The number of carbonyl (C=O) groups excluding carboxylic acids is 1. The van der Waals surface area contributed by atoms with Crippen molar-refractivity contribution < 1.29 is 17.9 Å². The van der Waals surface area contributed by atoms with Crippen LogP contribution in [0.15, 0.2) is 30.3 Å². The lowest BCUT2D eigenvalue weighted by Gasteiger charge is -2.27. The molecule has 0 aromatic heterocycles. The molecule has 2 atom stereocenters. The monoisotopic (exact) mass is 412 g/mol. The number of nitrogens with zero attached hydrogens (tertiary/aromatic N) is 2. The van der Waals surface area contributed by atoms with Crippen LogP contribution in [-0.4, -0.2) is 73.1 Å². The van der Waals surface area contributed by atoms with E-state index >= 15 is 0 Å². The number of hydrogen-bond donors (Lipinski definition) is 0. The van der Waals surface area contributed by atoms with Gasteiger partial charge in [0.25, 0.3) is 0 Å². The van der Waals surface area contributed by atoms with E-state index in [1.54, 1.807) is 16.1 Å². The molecule has 2 aliphatic rings. The zero-order valence-electron chi connectivity index (χ0n) is 15.7. The molecule has 1 aromatic rings. The predicted molar refractivity (Wildman–Crippen MR) is 108 cm³/mol. The molecule has 27 heavy (non-hydrogen) atoms. The van der Waals surface area contributed by atoms with Gasteiger partial charge in [0.1, 0.15) is 6.61 Å². The predicted octanol–water partition coefficient (Wildman–Crippen LogP) is 1.96. The maximum Gasteiger partial charge on any atom is 0.307 e. The second-order valence-electron chi connectivity index (χ2n) is 7.11. The van der Waals surface area contributed by atoms with Crippen LogP contribution in [0.1, 0.15) is 24.8 Å². The third kappa shape index (κ3) is 5.47. The van der Waals surface area contributed by atoms with E-state index < -0.39 is 16.0 Å². The summed E-state index contributed by atoms with van der Waals surface area (Å²) in [7, 11) is -3.45. The maximum absolute atomic E-state index is 12.7. The van der Waals surface area contributed by atoms with Crippen LogP contribution in [0.2, 0.25) is 0 Å². The largest absolute Gasteiger partial charge is 0.461 e. The summed E-state index contributed by atoms with van der Waals surface area (Å²) < 4.78 is 32.2. The molecule has 0 bridgehead atoms. The van der Waals surface area contributed by atoms with Crippen molar-refractivity contribution in [1.29, 1.82) is 0 Å². The van der Waals surface area contributed by atoms with Crippen molar-refractivity contribution in [1.82, 2.24) is 9.21 Å². The van der Waals surface area contributed by atoms with E-state index in [1.165, 1.54) is 12.8 Å². The first-order chi connectivity index (χ1) is 13.0. The highest BCUT2D eigenvalue weighted by Gasteiger charge is 2.41. The van der Waals surface area contributed by atoms with Gasteiger partial charge in [-0.1, -0.05) is 30.3 Å². The molecule has 0 spiro atoms. The van der Waals surface area contributed by atoms with Gasteiger partial charge in [0.05, 0.1) is 12.2 Å². The van der Waals surface area contributed by atoms with E-state index in [9.17, 15) is 13.2 Å². The molecule has 8 heteroatoms. The molecule has 0 unspecified atom stereocenters. The van der Waals surface area contributed by atoms with Crippen LogP contribution in [-0.2, 0) is 26.2 Å². The van der Waals surface area contributed by atoms with Gasteiger partial charge in [-0.05, 0) is 37.8 Å². The highest BCUT2D eigenvalue weighted by Crippen LogP contribution is 2.29. The maximum atomic E-state index is 12.7. The molecule has 2 fully saturated rings. The Morgan fingerprint density at radius 3 is 2.56 bits per heavy atom. The molecule has 3 rings (SSSR count). The van der Waals surface area contributed by atoms with E-state index in [0.717, 1.165) is 18.7 Å². The molecular weight excluding hydrogens is 384 g/mol. The molecule has 0 aliphatic carbocycles. The summed E-state index contributed by atoms with van der Waals surface area (Å²) in [6, 6.07) is 9.66. The third-order valence-corrected chi connectivity index (χ3v) is 8.19. The Morgan fingerprint density at radius 2 is 1.89 bits per heavy atom. The van der Waals surface area contributed by atoms with Gasteiger partial charge in [0, 0.05) is 24.4 Å². The molecule has 150 valence electrons. The number of sulfonamides is 1. The molecule has 6 nitrogen and oxygen atoms in total. The summed E-state index contributed by atoms with van der Waals surface area (Å²) in [6.07, 6.45) is 4.32. The molecule has 1 aromatic carbocycles. The number of ether oxygens (including phenoxy) is 1. The van der Waals surface area contributed by atoms with Gasteiger partial charge in [0.2, 0.25) is 10.0 Å². The van der Waals surface area contributed by atoms with E-state index in [4.69, 9.17) is 4.74 Å². The van der Waals surface area contributed by atoms with Crippen molar-refractivity contribution in [2.24, 2.45) is 0 Å². The zero-order valence-corrected chi connectivity index (χ0v) is 17.4. The van der Waals surface area contributed by atoms with Crippen LogP contribution < -0.4 is 0 Å². The minimum atomic E-state index is -3.45. The number of hydrogen-bond acceptors (Lipinski definition) is 6. The van der Waals surface area contributed by atoms with Gasteiger partial charge in [-0.3, -0.25) is 9.69 Å². The molecule has 2 saturated heterocycles. The van der Waals surface area contributed by atoms with Crippen LogP contribution in [0.5, 0.6) is 0 Å². The Bertz CT molecular complexity index is 720. The molecule has 0 amide bonds. The van der Waals surface area contributed by atoms with Crippen LogP contribution in [0.25, 0.3) is 0 Å². The Labute approximate surface area is 166 Å². The SMILES string of the molecule is CS[C@H]1CN(S(=O)(=O)CCC(=O)OCc2ccccc2)C[C@@H]1N1CCCC1. The number of rotatable bonds is 8. The standard InChI is InChI=1S/C19H28N2O4S2/c1-26-18-14-21(13-17(18)20-10-5-6-11-20)27(23,24)12-9-19(22)25-15-16-7-3-2-4-8-16/h2-4,7-8,17-18H,5-6,9-15H2,1H3/t17-,18-/m0/s1. The molecule has 0 radical (unpaired) electrons. The lowest BCUT2D eigenvalue weighted by Crippen LogP contribution is -2.40. The van der Waals surface area contributed by atoms with E-state index in [2.05, 4.69) is 4.90 Å². The number of thioether (sulfide) groups is 1. The average Bonchev–Trinajstić information content (AvgIpc) is 3.35. The van der Waals surface area contributed by atoms with Crippen molar-refractivity contribution in [2.75, 3.05) is 38.2 Å². The minimum absolute atomic E-state index is 0.107. The number of benzene rings is 1. The van der Waals surface area contributed by atoms with Crippen molar-refractivity contribution in [3.8, 4) is 0 Å². The van der Waals surface area contributed by atoms with Crippen molar-refractivity contribution in [2.45, 2.75) is 37.2 Å². The molecule has 0 N–H and O–H groups in total. The average molecular weight is 413 g/mol. The van der Waals surface area contributed by atoms with Crippen molar-refractivity contribution >= 4 is 27.8 Å². The first-order valence-electron chi connectivity index (χ1n) is 9.44. The lowest BCUT2D eigenvalue weighted by molar-refractivity contribution is -0.144.